The number of thiazole rings is 1. The Morgan fingerprint density at radius 2 is 2.08 bits per heavy atom. The van der Waals surface area contributed by atoms with Crippen LogP contribution in [0.5, 0.6) is 0 Å². The smallest absolute Gasteiger partial charge is 0.226 e. The average molecular weight is 380 g/mol. The third-order valence-corrected chi connectivity index (χ3v) is 6.37. The molecule has 8 heteroatoms. The number of hydrogen-bond acceptors (Lipinski definition) is 5. The zero-order valence-corrected chi connectivity index (χ0v) is 15.7. The molecule has 0 radical (unpaired) electrons. The maximum absolute atomic E-state index is 12.1. The molecular formula is C17H21N3O3S2. The van der Waals surface area contributed by atoms with Crippen LogP contribution in [-0.4, -0.2) is 36.4 Å². The summed E-state index contributed by atoms with van der Waals surface area (Å²) in [6.45, 7) is 0.787. The van der Waals surface area contributed by atoms with Gasteiger partial charge in [0.1, 0.15) is 0 Å². The van der Waals surface area contributed by atoms with E-state index in [2.05, 4.69) is 22.4 Å². The third-order valence-electron chi connectivity index (χ3n) is 4.12. The van der Waals surface area contributed by atoms with Gasteiger partial charge in [0.15, 0.2) is 5.13 Å². The molecule has 1 aliphatic rings. The highest BCUT2D eigenvalue weighted by atomic mass is 32.2. The van der Waals surface area contributed by atoms with E-state index in [0.29, 0.717) is 31.1 Å². The third kappa shape index (κ3) is 4.87. The van der Waals surface area contributed by atoms with Gasteiger partial charge in [-0.05, 0) is 18.4 Å². The van der Waals surface area contributed by atoms with Gasteiger partial charge < -0.3 is 5.32 Å². The molecule has 0 aliphatic carbocycles. The van der Waals surface area contributed by atoms with E-state index in [4.69, 9.17) is 0 Å². The molecule has 0 fully saturated rings. The summed E-state index contributed by atoms with van der Waals surface area (Å²) < 4.78 is 24.8. The molecule has 25 heavy (non-hydrogen) atoms. The molecular weight excluding hydrogens is 358 g/mol. The summed E-state index contributed by atoms with van der Waals surface area (Å²) in [5.74, 6) is -0.0537. The molecule has 0 spiro atoms. The van der Waals surface area contributed by atoms with Crippen molar-refractivity contribution >= 4 is 32.4 Å². The molecule has 0 saturated heterocycles. The van der Waals surface area contributed by atoms with E-state index in [9.17, 15) is 13.2 Å². The number of nitrogens with one attached hydrogen (secondary N) is 1. The van der Waals surface area contributed by atoms with E-state index in [1.807, 2.05) is 18.2 Å². The van der Waals surface area contributed by atoms with Crippen molar-refractivity contribution < 1.29 is 13.2 Å². The molecule has 3 rings (SSSR count). The second-order valence-electron chi connectivity index (χ2n) is 6.12. The van der Waals surface area contributed by atoms with Crippen molar-refractivity contribution in [3.8, 4) is 0 Å². The lowest BCUT2D eigenvalue weighted by Crippen LogP contribution is -2.34. The number of fused-ring (bicyclic) bond motifs is 1. The van der Waals surface area contributed by atoms with E-state index in [1.54, 1.807) is 0 Å². The van der Waals surface area contributed by atoms with Gasteiger partial charge in [-0.2, -0.15) is 4.31 Å². The monoisotopic (exact) mass is 379 g/mol. The van der Waals surface area contributed by atoms with Crippen LogP contribution in [0.1, 0.15) is 29.0 Å². The fraction of sp³-hybridized carbons (Fsp3) is 0.412. The second-order valence-corrected chi connectivity index (χ2v) is 9.19. The Labute approximate surface area is 151 Å². The molecule has 0 unspecified atom stereocenters. The summed E-state index contributed by atoms with van der Waals surface area (Å²) in [7, 11) is -3.20. The summed E-state index contributed by atoms with van der Waals surface area (Å²) >= 11 is 1.36. The van der Waals surface area contributed by atoms with Crippen molar-refractivity contribution in [2.45, 2.75) is 32.2 Å². The number of nitrogens with zero attached hydrogens (tertiary/aromatic N) is 2. The molecule has 0 atom stereocenters. The van der Waals surface area contributed by atoms with E-state index >= 15 is 0 Å². The molecule has 2 heterocycles. The first kappa shape index (κ1) is 18.0. The van der Waals surface area contributed by atoms with Gasteiger partial charge in [0.2, 0.25) is 15.9 Å². The van der Waals surface area contributed by atoms with Crippen molar-refractivity contribution in [3.05, 3.63) is 46.5 Å². The summed E-state index contributed by atoms with van der Waals surface area (Å²) in [6.07, 6.45) is 3.89. The normalized spacial score (nSPS) is 14.9. The summed E-state index contributed by atoms with van der Waals surface area (Å²) in [4.78, 5) is 17.4. The second kappa shape index (κ2) is 7.63. The Balaban J connectivity index is 1.52. The first-order valence-electron chi connectivity index (χ1n) is 8.19. The Hall–Kier alpha value is -1.77. The predicted molar refractivity (Wildman–Crippen MR) is 99.1 cm³/mol. The minimum atomic E-state index is -3.20. The first-order valence-corrected chi connectivity index (χ1v) is 10.9. The number of amides is 1. The maximum Gasteiger partial charge on any atom is 0.226 e. The first-order chi connectivity index (χ1) is 11.9. The van der Waals surface area contributed by atoms with Gasteiger partial charge in [0.25, 0.3) is 0 Å². The zero-order chi connectivity index (χ0) is 17.9. The van der Waals surface area contributed by atoms with Gasteiger partial charge in [0.05, 0.1) is 11.9 Å². The standard InChI is InChI=1S/C17H21N3O3S2/c1-25(22,23)20-11-10-14-15(12-20)24-17(18-14)19-16(21)9-5-8-13-6-3-2-4-7-13/h2-4,6-7H,5,8-12H2,1H3,(H,18,19,21). The number of aromatic nitrogens is 1. The molecule has 2 aromatic rings. The number of aryl methyl sites for hydroxylation is 1. The molecule has 1 amide bonds. The largest absolute Gasteiger partial charge is 0.302 e. The van der Waals surface area contributed by atoms with Crippen LogP contribution >= 0.6 is 11.3 Å². The molecule has 0 bridgehead atoms. The fourth-order valence-corrected chi connectivity index (χ4v) is 4.70. The number of benzene rings is 1. The zero-order valence-electron chi connectivity index (χ0n) is 14.1. The minimum Gasteiger partial charge on any atom is -0.302 e. The quantitative estimate of drug-likeness (QED) is 0.836. The van der Waals surface area contributed by atoms with Gasteiger partial charge in [-0.1, -0.05) is 30.3 Å². The van der Waals surface area contributed by atoms with Crippen LogP contribution < -0.4 is 5.32 Å². The van der Waals surface area contributed by atoms with Gasteiger partial charge in [-0.3, -0.25) is 4.79 Å². The molecule has 1 aromatic heterocycles. The van der Waals surface area contributed by atoms with E-state index in [0.717, 1.165) is 23.4 Å². The van der Waals surface area contributed by atoms with E-state index in [1.165, 1.54) is 27.5 Å². The maximum atomic E-state index is 12.1. The number of sulfonamides is 1. The average Bonchev–Trinajstić information content (AvgIpc) is 2.96. The lowest BCUT2D eigenvalue weighted by Gasteiger charge is -2.23. The minimum absolute atomic E-state index is 0.0537. The summed E-state index contributed by atoms with van der Waals surface area (Å²) in [5.41, 5.74) is 2.12. The van der Waals surface area contributed by atoms with E-state index < -0.39 is 10.0 Å². The van der Waals surface area contributed by atoms with Crippen LogP contribution in [-0.2, 0) is 34.2 Å². The topological polar surface area (TPSA) is 79.4 Å². The number of carbonyl (C=O) groups is 1. The van der Waals surface area contributed by atoms with Crippen LogP contribution in [0.3, 0.4) is 0 Å². The van der Waals surface area contributed by atoms with Crippen molar-refractivity contribution in [2.24, 2.45) is 0 Å². The lowest BCUT2D eigenvalue weighted by molar-refractivity contribution is -0.116. The van der Waals surface area contributed by atoms with Gasteiger partial charge >= 0.3 is 0 Å². The highest BCUT2D eigenvalue weighted by molar-refractivity contribution is 7.88. The Morgan fingerprint density at radius 1 is 1.32 bits per heavy atom. The number of rotatable bonds is 6. The predicted octanol–water partition coefficient (Wildman–Crippen LogP) is 2.42. The number of hydrogen-bond donors (Lipinski definition) is 1. The Bertz CT molecular complexity index is 847. The Morgan fingerprint density at radius 3 is 2.80 bits per heavy atom. The van der Waals surface area contributed by atoms with Crippen LogP contribution in [0.2, 0.25) is 0 Å². The summed E-state index contributed by atoms with van der Waals surface area (Å²) in [5, 5.41) is 3.40. The SMILES string of the molecule is CS(=O)(=O)N1CCc2nc(NC(=O)CCCc3ccccc3)sc2C1. The summed E-state index contributed by atoms with van der Waals surface area (Å²) in [6, 6.07) is 10.1. The highest BCUT2D eigenvalue weighted by Crippen LogP contribution is 2.29. The van der Waals surface area contributed by atoms with Gasteiger partial charge in [-0.15, -0.1) is 11.3 Å². The molecule has 1 N–H and O–H groups in total. The van der Waals surface area contributed by atoms with Gasteiger partial charge in [0, 0.05) is 30.8 Å². The fourth-order valence-electron chi connectivity index (χ4n) is 2.79. The highest BCUT2D eigenvalue weighted by Gasteiger charge is 2.26. The molecule has 0 saturated carbocycles. The van der Waals surface area contributed by atoms with Crippen LogP contribution in [0.25, 0.3) is 0 Å². The molecule has 6 nitrogen and oxygen atoms in total. The van der Waals surface area contributed by atoms with Crippen LogP contribution in [0, 0.1) is 0 Å². The van der Waals surface area contributed by atoms with Crippen molar-refractivity contribution in [2.75, 3.05) is 18.1 Å². The Kier molecular flexibility index (Phi) is 5.51. The van der Waals surface area contributed by atoms with Crippen molar-refractivity contribution in [3.63, 3.8) is 0 Å². The van der Waals surface area contributed by atoms with Crippen LogP contribution in [0.4, 0.5) is 5.13 Å². The van der Waals surface area contributed by atoms with Crippen molar-refractivity contribution in [1.29, 1.82) is 0 Å². The lowest BCUT2D eigenvalue weighted by atomic mass is 10.1. The van der Waals surface area contributed by atoms with Crippen LogP contribution in [0.15, 0.2) is 30.3 Å². The van der Waals surface area contributed by atoms with Crippen molar-refractivity contribution in [1.82, 2.24) is 9.29 Å². The molecule has 134 valence electrons. The molecule has 1 aromatic carbocycles. The number of anilines is 1. The van der Waals surface area contributed by atoms with Gasteiger partial charge in [-0.25, -0.2) is 13.4 Å². The number of carbonyl (C=O) groups excluding carboxylic acids is 1. The molecule has 1 aliphatic heterocycles. The van der Waals surface area contributed by atoms with E-state index in [-0.39, 0.29) is 5.91 Å².